The fourth-order valence-electron chi connectivity index (χ4n) is 2.25. The normalized spacial score (nSPS) is 19.5. The van der Waals surface area contributed by atoms with Crippen molar-refractivity contribution in [2.24, 2.45) is 5.92 Å². The molecule has 0 bridgehead atoms. The Hall–Kier alpha value is 0.100. The molecule has 1 N–H and O–H groups in total. The first-order chi connectivity index (χ1) is 8.16. The Kier molecular flexibility index (Phi) is 5.03. The maximum absolute atomic E-state index is 5.40. The Bertz CT molecular complexity index is 341. The number of nitrogens with one attached hydrogen (secondary N) is 1. The zero-order chi connectivity index (χ0) is 12.3. The molecule has 1 saturated heterocycles. The highest BCUT2D eigenvalue weighted by Gasteiger charge is 2.20. The van der Waals surface area contributed by atoms with E-state index in [1.54, 1.807) is 0 Å². The van der Waals surface area contributed by atoms with E-state index in [-0.39, 0.29) is 0 Å². The number of ether oxygens (including phenoxy) is 1. The second-order valence-corrected chi connectivity index (χ2v) is 6.93. The maximum atomic E-state index is 5.40. The zero-order valence-electron chi connectivity index (χ0n) is 10.5. The van der Waals surface area contributed by atoms with Gasteiger partial charge in [0.1, 0.15) is 0 Å². The van der Waals surface area contributed by atoms with E-state index in [4.69, 9.17) is 4.74 Å². The van der Waals surface area contributed by atoms with Crippen LogP contribution in [0, 0.1) is 12.8 Å². The standard InChI is InChI=1S/C13H20BrNOS/c1-9(11-3-5-16-6-4-11)15-8-12-7-13(14)10(2)17-12/h7,9,11,15H,3-6,8H2,1-2H3. The van der Waals surface area contributed by atoms with Gasteiger partial charge in [0.2, 0.25) is 0 Å². The lowest BCUT2D eigenvalue weighted by Gasteiger charge is -2.28. The van der Waals surface area contributed by atoms with Gasteiger partial charge < -0.3 is 10.1 Å². The van der Waals surface area contributed by atoms with E-state index in [0.29, 0.717) is 6.04 Å². The molecule has 2 rings (SSSR count). The summed E-state index contributed by atoms with van der Waals surface area (Å²) < 4.78 is 6.63. The highest BCUT2D eigenvalue weighted by molar-refractivity contribution is 9.10. The fourth-order valence-corrected chi connectivity index (χ4v) is 3.80. The summed E-state index contributed by atoms with van der Waals surface area (Å²) in [4.78, 5) is 2.77. The molecule has 0 spiro atoms. The molecule has 0 saturated carbocycles. The molecule has 2 nitrogen and oxygen atoms in total. The lowest BCUT2D eigenvalue weighted by molar-refractivity contribution is 0.0558. The molecule has 2 heterocycles. The molecule has 1 fully saturated rings. The number of hydrogen-bond acceptors (Lipinski definition) is 3. The van der Waals surface area contributed by atoms with Crippen LogP contribution in [0.15, 0.2) is 10.5 Å². The Morgan fingerprint density at radius 2 is 2.24 bits per heavy atom. The molecular weight excluding hydrogens is 298 g/mol. The maximum Gasteiger partial charge on any atom is 0.0469 e. The third kappa shape index (κ3) is 3.78. The number of aryl methyl sites for hydroxylation is 1. The molecule has 96 valence electrons. The summed E-state index contributed by atoms with van der Waals surface area (Å²) in [7, 11) is 0. The third-order valence-corrected chi connectivity index (χ3v) is 5.62. The van der Waals surface area contributed by atoms with E-state index in [1.165, 1.54) is 27.1 Å². The van der Waals surface area contributed by atoms with Gasteiger partial charge in [0.15, 0.2) is 0 Å². The van der Waals surface area contributed by atoms with Crippen molar-refractivity contribution in [1.29, 1.82) is 0 Å². The predicted molar refractivity (Wildman–Crippen MR) is 76.6 cm³/mol. The van der Waals surface area contributed by atoms with Crippen molar-refractivity contribution in [2.75, 3.05) is 13.2 Å². The highest BCUT2D eigenvalue weighted by atomic mass is 79.9. The van der Waals surface area contributed by atoms with Gasteiger partial charge in [-0.1, -0.05) is 0 Å². The van der Waals surface area contributed by atoms with Gasteiger partial charge in [-0.2, -0.15) is 0 Å². The Balaban J connectivity index is 1.80. The van der Waals surface area contributed by atoms with Gasteiger partial charge in [-0.3, -0.25) is 0 Å². The third-order valence-electron chi connectivity index (χ3n) is 3.48. The zero-order valence-corrected chi connectivity index (χ0v) is 12.9. The summed E-state index contributed by atoms with van der Waals surface area (Å²) in [5.74, 6) is 0.772. The molecule has 1 aromatic heterocycles. The quantitative estimate of drug-likeness (QED) is 0.913. The van der Waals surface area contributed by atoms with E-state index in [9.17, 15) is 0 Å². The number of hydrogen-bond donors (Lipinski definition) is 1. The minimum Gasteiger partial charge on any atom is -0.381 e. The fraction of sp³-hybridized carbons (Fsp3) is 0.692. The van der Waals surface area contributed by atoms with Gasteiger partial charge in [-0.05, 0) is 54.6 Å². The van der Waals surface area contributed by atoms with Crippen LogP contribution in [0.2, 0.25) is 0 Å². The first kappa shape index (κ1) is 13.5. The van der Waals surface area contributed by atoms with Crippen molar-refractivity contribution in [3.63, 3.8) is 0 Å². The van der Waals surface area contributed by atoms with Crippen LogP contribution in [0.25, 0.3) is 0 Å². The number of rotatable bonds is 4. The van der Waals surface area contributed by atoms with Crippen molar-refractivity contribution in [3.8, 4) is 0 Å². The topological polar surface area (TPSA) is 21.3 Å². The summed E-state index contributed by atoms with van der Waals surface area (Å²) in [6, 6.07) is 2.81. The summed E-state index contributed by atoms with van der Waals surface area (Å²) in [6.45, 7) is 7.29. The monoisotopic (exact) mass is 317 g/mol. The summed E-state index contributed by atoms with van der Waals surface area (Å²) in [5, 5.41) is 3.64. The van der Waals surface area contributed by atoms with E-state index in [0.717, 1.165) is 25.7 Å². The predicted octanol–water partition coefficient (Wildman–Crippen LogP) is 3.72. The molecular formula is C13H20BrNOS. The van der Waals surface area contributed by atoms with Crippen LogP contribution in [-0.2, 0) is 11.3 Å². The number of halogens is 1. The first-order valence-corrected chi connectivity index (χ1v) is 7.83. The minimum absolute atomic E-state index is 0.583. The average molecular weight is 318 g/mol. The highest BCUT2D eigenvalue weighted by Crippen LogP contribution is 2.26. The van der Waals surface area contributed by atoms with Crippen molar-refractivity contribution in [2.45, 2.75) is 39.3 Å². The van der Waals surface area contributed by atoms with Gasteiger partial charge in [-0.15, -0.1) is 11.3 Å². The lowest BCUT2D eigenvalue weighted by atomic mass is 9.93. The Morgan fingerprint density at radius 1 is 1.53 bits per heavy atom. The summed E-state index contributed by atoms with van der Waals surface area (Å²) in [6.07, 6.45) is 2.39. The molecule has 0 radical (unpaired) electrons. The van der Waals surface area contributed by atoms with Crippen LogP contribution in [0.4, 0.5) is 0 Å². The van der Waals surface area contributed by atoms with Crippen LogP contribution < -0.4 is 5.32 Å². The van der Waals surface area contributed by atoms with Crippen LogP contribution in [0.5, 0.6) is 0 Å². The molecule has 4 heteroatoms. The van der Waals surface area contributed by atoms with Crippen molar-refractivity contribution < 1.29 is 4.74 Å². The minimum atomic E-state index is 0.583. The Labute approximate surface area is 116 Å². The second-order valence-electron chi connectivity index (χ2n) is 4.74. The molecule has 1 aliphatic heterocycles. The van der Waals surface area contributed by atoms with Gasteiger partial charge in [0, 0.05) is 40.0 Å². The van der Waals surface area contributed by atoms with Gasteiger partial charge in [-0.25, -0.2) is 0 Å². The number of thiophene rings is 1. The molecule has 1 unspecified atom stereocenters. The van der Waals surface area contributed by atoms with Crippen LogP contribution in [-0.4, -0.2) is 19.3 Å². The van der Waals surface area contributed by atoms with Gasteiger partial charge >= 0.3 is 0 Å². The molecule has 0 aromatic carbocycles. The van der Waals surface area contributed by atoms with E-state index < -0.39 is 0 Å². The lowest BCUT2D eigenvalue weighted by Crippen LogP contribution is -2.36. The van der Waals surface area contributed by atoms with Gasteiger partial charge in [0.25, 0.3) is 0 Å². The van der Waals surface area contributed by atoms with Crippen LogP contribution in [0.1, 0.15) is 29.5 Å². The summed E-state index contributed by atoms with van der Waals surface area (Å²) >= 11 is 5.43. The summed E-state index contributed by atoms with van der Waals surface area (Å²) in [5.41, 5.74) is 0. The van der Waals surface area contributed by atoms with Crippen molar-refractivity contribution in [3.05, 3.63) is 20.3 Å². The Morgan fingerprint density at radius 3 is 2.82 bits per heavy atom. The molecule has 0 aliphatic carbocycles. The van der Waals surface area contributed by atoms with Gasteiger partial charge in [0.05, 0.1) is 0 Å². The van der Waals surface area contributed by atoms with E-state index in [2.05, 4.69) is 41.2 Å². The SMILES string of the molecule is Cc1sc(CNC(C)C2CCOCC2)cc1Br. The van der Waals surface area contributed by atoms with Crippen molar-refractivity contribution in [1.82, 2.24) is 5.32 Å². The average Bonchev–Trinajstić information content (AvgIpc) is 2.67. The van der Waals surface area contributed by atoms with Crippen LogP contribution in [0.3, 0.4) is 0 Å². The molecule has 1 atom stereocenters. The van der Waals surface area contributed by atoms with Crippen molar-refractivity contribution >= 4 is 27.3 Å². The molecule has 17 heavy (non-hydrogen) atoms. The molecule has 0 amide bonds. The largest absolute Gasteiger partial charge is 0.381 e. The van der Waals surface area contributed by atoms with E-state index in [1.807, 2.05) is 11.3 Å². The molecule has 1 aliphatic rings. The van der Waals surface area contributed by atoms with E-state index >= 15 is 0 Å². The van der Waals surface area contributed by atoms with Crippen LogP contribution >= 0.6 is 27.3 Å². The molecule has 1 aromatic rings. The second kappa shape index (κ2) is 6.32. The smallest absolute Gasteiger partial charge is 0.0469 e. The first-order valence-electron chi connectivity index (χ1n) is 6.22.